The van der Waals surface area contributed by atoms with E-state index in [4.69, 9.17) is 14.7 Å². The number of nitrogens with zero attached hydrogens (tertiary/aromatic N) is 1. The van der Waals surface area contributed by atoms with Crippen LogP contribution in [0, 0.1) is 11.3 Å². The van der Waals surface area contributed by atoms with Gasteiger partial charge in [-0.15, -0.1) is 0 Å². The first kappa shape index (κ1) is 20.7. The highest BCUT2D eigenvalue weighted by atomic mass is 16.5. The summed E-state index contributed by atoms with van der Waals surface area (Å²) in [6.45, 7) is 2.23. The van der Waals surface area contributed by atoms with E-state index in [-0.39, 0.29) is 18.7 Å². The first-order valence-electron chi connectivity index (χ1n) is 9.60. The molecule has 1 unspecified atom stereocenters. The van der Waals surface area contributed by atoms with Crippen LogP contribution in [0.25, 0.3) is 0 Å². The Kier molecular flexibility index (Phi) is 7.28. The van der Waals surface area contributed by atoms with E-state index in [1.807, 2.05) is 79.7 Å². The van der Waals surface area contributed by atoms with Crippen LogP contribution in [0.2, 0.25) is 0 Å². The molecule has 3 aromatic rings. The van der Waals surface area contributed by atoms with Gasteiger partial charge in [0.15, 0.2) is 6.61 Å². The smallest absolute Gasteiger partial charge is 0.315 e. The number of amides is 2. The summed E-state index contributed by atoms with van der Waals surface area (Å²) in [5.74, 6) is 2.02. The highest BCUT2D eigenvalue weighted by Crippen LogP contribution is 2.29. The second-order valence-electron chi connectivity index (χ2n) is 6.60. The minimum Gasteiger partial charge on any atom is -0.479 e. The Bertz CT molecular complexity index is 1020. The molecule has 0 saturated heterocycles. The molecule has 0 aliphatic heterocycles. The largest absolute Gasteiger partial charge is 0.479 e. The van der Waals surface area contributed by atoms with Gasteiger partial charge in [-0.1, -0.05) is 48.5 Å². The van der Waals surface area contributed by atoms with Crippen molar-refractivity contribution < 1.29 is 14.3 Å². The lowest BCUT2D eigenvalue weighted by Gasteiger charge is -2.18. The van der Waals surface area contributed by atoms with Crippen LogP contribution in [0.5, 0.6) is 17.2 Å². The van der Waals surface area contributed by atoms with Crippen molar-refractivity contribution >= 4 is 6.03 Å². The number of nitriles is 1. The van der Waals surface area contributed by atoms with Crippen LogP contribution >= 0.6 is 0 Å². The van der Waals surface area contributed by atoms with Gasteiger partial charge in [-0.05, 0) is 42.8 Å². The number of hydrogen-bond acceptors (Lipinski definition) is 4. The van der Waals surface area contributed by atoms with E-state index in [1.54, 1.807) is 12.1 Å². The van der Waals surface area contributed by atoms with Crippen LogP contribution < -0.4 is 20.1 Å². The van der Waals surface area contributed by atoms with E-state index in [0.29, 0.717) is 18.0 Å². The van der Waals surface area contributed by atoms with Crippen LogP contribution in [0.4, 0.5) is 4.79 Å². The maximum absolute atomic E-state index is 12.4. The molecule has 0 aromatic heterocycles. The monoisotopic (exact) mass is 401 g/mol. The summed E-state index contributed by atoms with van der Waals surface area (Å²) in [5.41, 5.74) is 1.75. The third-order valence-corrected chi connectivity index (χ3v) is 4.36. The summed E-state index contributed by atoms with van der Waals surface area (Å²) < 4.78 is 11.3. The summed E-state index contributed by atoms with van der Waals surface area (Å²) in [5, 5.41) is 14.4. The van der Waals surface area contributed by atoms with Crippen molar-refractivity contribution in [2.45, 2.75) is 19.5 Å². The van der Waals surface area contributed by atoms with Gasteiger partial charge in [0.25, 0.3) is 0 Å². The van der Waals surface area contributed by atoms with Gasteiger partial charge in [0, 0.05) is 12.1 Å². The minimum atomic E-state index is -0.291. The lowest BCUT2D eigenvalue weighted by atomic mass is 10.1. The summed E-state index contributed by atoms with van der Waals surface area (Å²) in [7, 11) is 0. The molecule has 0 bridgehead atoms. The van der Waals surface area contributed by atoms with E-state index >= 15 is 0 Å². The number of ether oxygens (including phenoxy) is 2. The van der Waals surface area contributed by atoms with E-state index in [2.05, 4.69) is 10.6 Å². The highest BCUT2D eigenvalue weighted by Gasteiger charge is 2.14. The maximum atomic E-state index is 12.4. The number of urea groups is 1. The van der Waals surface area contributed by atoms with Crippen molar-refractivity contribution in [1.82, 2.24) is 10.6 Å². The Morgan fingerprint density at radius 2 is 1.73 bits per heavy atom. The van der Waals surface area contributed by atoms with E-state index in [0.717, 1.165) is 16.9 Å². The standard InChI is InChI=1S/C24H23N3O3/c1-18(22-12-5-6-13-23(22)30-20-9-3-2-4-10-20)27-24(28)26-17-19-8-7-11-21(16-19)29-15-14-25/h2-13,16,18H,15,17H2,1H3,(H2,26,27,28). The molecule has 152 valence electrons. The zero-order valence-electron chi connectivity index (χ0n) is 16.7. The number of nitrogens with one attached hydrogen (secondary N) is 2. The number of para-hydroxylation sites is 2. The first-order valence-corrected chi connectivity index (χ1v) is 9.60. The molecule has 3 aromatic carbocycles. The number of carbonyl (C=O) groups is 1. The van der Waals surface area contributed by atoms with Crippen LogP contribution in [0.15, 0.2) is 78.9 Å². The molecule has 2 N–H and O–H groups in total. The molecule has 0 aliphatic carbocycles. The fraction of sp³-hybridized carbons (Fsp3) is 0.167. The summed E-state index contributed by atoms with van der Waals surface area (Å²) in [6.07, 6.45) is 0. The molecule has 3 rings (SSSR count). The maximum Gasteiger partial charge on any atom is 0.315 e. The molecular weight excluding hydrogens is 378 g/mol. The van der Waals surface area contributed by atoms with Crippen LogP contribution in [0.1, 0.15) is 24.1 Å². The molecular formula is C24H23N3O3. The average molecular weight is 401 g/mol. The van der Waals surface area contributed by atoms with Crippen molar-refractivity contribution in [1.29, 1.82) is 5.26 Å². The Labute approximate surface area is 176 Å². The SMILES string of the molecule is CC(NC(=O)NCc1cccc(OCC#N)c1)c1ccccc1Oc1ccccc1. The molecule has 0 spiro atoms. The van der Waals surface area contributed by atoms with Gasteiger partial charge < -0.3 is 20.1 Å². The highest BCUT2D eigenvalue weighted by molar-refractivity contribution is 5.74. The van der Waals surface area contributed by atoms with Gasteiger partial charge in [0.2, 0.25) is 0 Å². The third-order valence-electron chi connectivity index (χ3n) is 4.36. The molecule has 0 aliphatic rings. The quantitative estimate of drug-likeness (QED) is 0.560. The number of carbonyl (C=O) groups excluding carboxylic acids is 1. The van der Waals surface area contributed by atoms with Crippen molar-refractivity contribution in [2.24, 2.45) is 0 Å². The fourth-order valence-electron chi connectivity index (χ4n) is 2.92. The summed E-state index contributed by atoms with van der Waals surface area (Å²) >= 11 is 0. The van der Waals surface area contributed by atoms with Crippen LogP contribution in [0.3, 0.4) is 0 Å². The van der Waals surface area contributed by atoms with Crippen molar-refractivity contribution in [3.05, 3.63) is 90.0 Å². The topological polar surface area (TPSA) is 83.4 Å². The molecule has 6 heteroatoms. The molecule has 0 fully saturated rings. The first-order chi connectivity index (χ1) is 14.7. The molecule has 0 radical (unpaired) electrons. The van der Waals surface area contributed by atoms with Gasteiger partial charge in [-0.3, -0.25) is 0 Å². The summed E-state index contributed by atoms with van der Waals surface area (Å²) in [6, 6.07) is 25.8. The number of benzene rings is 3. The molecule has 2 amide bonds. The van der Waals surface area contributed by atoms with Crippen LogP contribution in [-0.4, -0.2) is 12.6 Å². The van der Waals surface area contributed by atoms with Crippen molar-refractivity contribution in [2.75, 3.05) is 6.61 Å². The molecule has 6 nitrogen and oxygen atoms in total. The van der Waals surface area contributed by atoms with Crippen LogP contribution in [-0.2, 0) is 6.54 Å². The number of rotatable bonds is 8. The fourth-order valence-corrected chi connectivity index (χ4v) is 2.92. The van der Waals surface area contributed by atoms with Gasteiger partial charge in [0.1, 0.15) is 23.3 Å². The zero-order chi connectivity index (χ0) is 21.2. The van der Waals surface area contributed by atoms with E-state index in [9.17, 15) is 4.79 Å². The Hall–Kier alpha value is -3.98. The van der Waals surface area contributed by atoms with E-state index in [1.165, 1.54) is 0 Å². The van der Waals surface area contributed by atoms with E-state index < -0.39 is 0 Å². The molecule has 1 atom stereocenters. The lowest BCUT2D eigenvalue weighted by Crippen LogP contribution is -2.36. The molecule has 0 saturated carbocycles. The second kappa shape index (κ2) is 10.5. The zero-order valence-corrected chi connectivity index (χ0v) is 16.7. The Morgan fingerprint density at radius 3 is 2.53 bits per heavy atom. The second-order valence-corrected chi connectivity index (χ2v) is 6.60. The summed E-state index contributed by atoms with van der Waals surface area (Å²) in [4.78, 5) is 12.4. The lowest BCUT2D eigenvalue weighted by molar-refractivity contribution is 0.237. The van der Waals surface area contributed by atoms with Gasteiger partial charge >= 0.3 is 6.03 Å². The predicted octanol–water partition coefficient (Wildman–Crippen LogP) is 4.94. The number of hydrogen-bond donors (Lipinski definition) is 2. The van der Waals surface area contributed by atoms with Gasteiger partial charge in [-0.2, -0.15) is 5.26 Å². The molecule has 30 heavy (non-hydrogen) atoms. The third kappa shape index (κ3) is 6.01. The minimum absolute atomic E-state index is 0.0145. The van der Waals surface area contributed by atoms with Gasteiger partial charge in [0.05, 0.1) is 6.04 Å². The van der Waals surface area contributed by atoms with Crippen molar-refractivity contribution in [3.8, 4) is 23.3 Å². The molecule has 0 heterocycles. The van der Waals surface area contributed by atoms with Gasteiger partial charge in [-0.25, -0.2) is 4.79 Å². The Morgan fingerprint density at radius 1 is 1.00 bits per heavy atom. The van der Waals surface area contributed by atoms with Crippen molar-refractivity contribution in [3.63, 3.8) is 0 Å². The Balaban J connectivity index is 1.58. The normalized spacial score (nSPS) is 11.1. The average Bonchev–Trinajstić information content (AvgIpc) is 2.77. The predicted molar refractivity (Wildman–Crippen MR) is 114 cm³/mol.